The molecular formula is C19H25BrN4O4. The van der Waals surface area contributed by atoms with Crippen molar-refractivity contribution in [3.63, 3.8) is 0 Å². The summed E-state index contributed by atoms with van der Waals surface area (Å²) in [5.74, 6) is -0.296. The van der Waals surface area contributed by atoms with Gasteiger partial charge in [0.2, 0.25) is 0 Å². The van der Waals surface area contributed by atoms with E-state index in [2.05, 4.69) is 20.9 Å². The first-order valence-corrected chi connectivity index (χ1v) is 9.75. The van der Waals surface area contributed by atoms with E-state index in [1.54, 1.807) is 31.4 Å². The Hall–Kier alpha value is -2.39. The lowest BCUT2D eigenvalue weighted by atomic mass is 10.1. The lowest BCUT2D eigenvalue weighted by Gasteiger charge is -2.25. The number of ether oxygens (including phenoxy) is 1. The summed E-state index contributed by atoms with van der Waals surface area (Å²) in [6, 6.07) is 6.93. The van der Waals surface area contributed by atoms with Crippen LogP contribution in [-0.2, 0) is 11.3 Å². The number of amides is 1. The Morgan fingerprint density at radius 2 is 2.00 bits per heavy atom. The van der Waals surface area contributed by atoms with Gasteiger partial charge in [0.05, 0.1) is 5.56 Å². The van der Waals surface area contributed by atoms with Crippen molar-refractivity contribution in [2.45, 2.75) is 26.8 Å². The predicted molar refractivity (Wildman–Crippen MR) is 113 cm³/mol. The highest BCUT2D eigenvalue weighted by Crippen LogP contribution is 2.24. The van der Waals surface area contributed by atoms with Gasteiger partial charge in [-0.25, -0.2) is 4.79 Å². The number of nitrogens with zero attached hydrogens (tertiary/aromatic N) is 2. The zero-order valence-corrected chi connectivity index (χ0v) is 17.8. The maximum Gasteiger partial charge on any atom is 0.330 e. The van der Waals surface area contributed by atoms with Crippen molar-refractivity contribution in [3.05, 3.63) is 55.1 Å². The van der Waals surface area contributed by atoms with Gasteiger partial charge in [0.15, 0.2) is 5.69 Å². The van der Waals surface area contributed by atoms with E-state index in [0.717, 1.165) is 0 Å². The molecule has 1 amide bonds. The van der Waals surface area contributed by atoms with E-state index in [9.17, 15) is 14.4 Å². The van der Waals surface area contributed by atoms with Crippen molar-refractivity contribution in [1.82, 2.24) is 9.55 Å². The minimum absolute atomic E-state index is 0.0275. The summed E-state index contributed by atoms with van der Waals surface area (Å²) in [7, 11) is 1.56. The lowest BCUT2D eigenvalue weighted by Crippen LogP contribution is -2.42. The van der Waals surface area contributed by atoms with Gasteiger partial charge >= 0.3 is 5.69 Å². The van der Waals surface area contributed by atoms with E-state index in [0.29, 0.717) is 29.6 Å². The second-order valence-corrected chi connectivity index (χ2v) is 7.63. The summed E-state index contributed by atoms with van der Waals surface area (Å²) >= 11 is 3.37. The molecule has 0 radical (unpaired) electrons. The second kappa shape index (κ2) is 9.70. The molecule has 28 heavy (non-hydrogen) atoms. The SMILES string of the molecule is COCCCN(C(=O)c1ccccc1Br)c1c(N)n(CC(C)C)c(=O)[nH]c1=O. The summed E-state index contributed by atoms with van der Waals surface area (Å²) < 4.78 is 6.96. The number of nitrogen functional groups attached to an aromatic ring is 1. The van der Waals surface area contributed by atoms with Crippen LogP contribution >= 0.6 is 15.9 Å². The van der Waals surface area contributed by atoms with Crippen LogP contribution in [0.4, 0.5) is 11.5 Å². The van der Waals surface area contributed by atoms with Gasteiger partial charge in [0.1, 0.15) is 5.82 Å². The van der Waals surface area contributed by atoms with Crippen LogP contribution in [0.5, 0.6) is 0 Å². The maximum absolute atomic E-state index is 13.2. The second-order valence-electron chi connectivity index (χ2n) is 6.78. The maximum atomic E-state index is 13.2. The van der Waals surface area contributed by atoms with E-state index in [1.807, 2.05) is 13.8 Å². The van der Waals surface area contributed by atoms with E-state index < -0.39 is 17.2 Å². The standard InChI is InChI=1S/C19H25BrN4O4/c1-12(2)11-24-16(21)15(17(25)22-19(24)27)23(9-6-10-28-3)18(26)13-7-4-5-8-14(13)20/h4-5,7-8,12H,6,9-11,21H2,1-3H3,(H,22,25,27). The first-order valence-electron chi connectivity index (χ1n) is 8.95. The van der Waals surface area contributed by atoms with Crippen molar-refractivity contribution in [1.29, 1.82) is 0 Å². The number of benzene rings is 1. The Labute approximate surface area is 171 Å². The Kier molecular flexibility index (Phi) is 7.59. The van der Waals surface area contributed by atoms with E-state index in [-0.39, 0.29) is 24.0 Å². The molecule has 1 aromatic heterocycles. The topological polar surface area (TPSA) is 110 Å². The monoisotopic (exact) mass is 452 g/mol. The molecule has 0 saturated carbocycles. The summed E-state index contributed by atoms with van der Waals surface area (Å²) in [6.07, 6.45) is 0.495. The largest absolute Gasteiger partial charge is 0.385 e. The third kappa shape index (κ3) is 4.90. The molecule has 152 valence electrons. The van der Waals surface area contributed by atoms with Crippen LogP contribution in [-0.4, -0.2) is 35.7 Å². The highest BCUT2D eigenvalue weighted by Gasteiger charge is 2.26. The van der Waals surface area contributed by atoms with Crippen LogP contribution in [0, 0.1) is 5.92 Å². The van der Waals surface area contributed by atoms with E-state index in [4.69, 9.17) is 10.5 Å². The number of anilines is 2. The molecule has 8 nitrogen and oxygen atoms in total. The van der Waals surface area contributed by atoms with Gasteiger partial charge < -0.3 is 15.4 Å². The van der Waals surface area contributed by atoms with Crippen LogP contribution < -0.4 is 21.9 Å². The van der Waals surface area contributed by atoms with Crippen LogP contribution in [0.3, 0.4) is 0 Å². The van der Waals surface area contributed by atoms with E-state index in [1.165, 1.54) is 9.47 Å². The fourth-order valence-electron chi connectivity index (χ4n) is 2.85. The number of carbonyl (C=O) groups excluding carboxylic acids is 1. The highest BCUT2D eigenvalue weighted by atomic mass is 79.9. The zero-order chi connectivity index (χ0) is 20.8. The van der Waals surface area contributed by atoms with Crippen LogP contribution in [0.25, 0.3) is 0 Å². The van der Waals surface area contributed by atoms with Gasteiger partial charge in [0.25, 0.3) is 11.5 Å². The fraction of sp³-hybridized carbons (Fsp3) is 0.421. The first-order chi connectivity index (χ1) is 13.3. The number of halogens is 1. The predicted octanol–water partition coefficient (Wildman–Crippen LogP) is 2.22. The minimum atomic E-state index is -0.694. The van der Waals surface area contributed by atoms with E-state index >= 15 is 0 Å². The third-order valence-electron chi connectivity index (χ3n) is 4.11. The van der Waals surface area contributed by atoms with Crippen molar-refractivity contribution in [2.24, 2.45) is 5.92 Å². The third-order valence-corrected chi connectivity index (χ3v) is 4.80. The molecule has 2 rings (SSSR count). The number of aromatic amines is 1. The Balaban J connectivity index is 2.61. The van der Waals surface area contributed by atoms with Gasteiger partial charge in [-0.3, -0.25) is 19.1 Å². The molecule has 0 bridgehead atoms. The summed E-state index contributed by atoms with van der Waals surface area (Å²) in [5, 5.41) is 0. The van der Waals surface area contributed by atoms with Gasteiger partial charge in [0, 0.05) is 31.3 Å². The van der Waals surface area contributed by atoms with Crippen molar-refractivity contribution < 1.29 is 9.53 Å². The number of H-pyrrole nitrogens is 1. The molecule has 0 spiro atoms. The molecular weight excluding hydrogens is 428 g/mol. The smallest absolute Gasteiger partial charge is 0.330 e. The zero-order valence-electron chi connectivity index (χ0n) is 16.2. The normalized spacial score (nSPS) is 11.0. The summed E-state index contributed by atoms with van der Waals surface area (Å²) in [6.45, 7) is 4.80. The van der Waals surface area contributed by atoms with Gasteiger partial charge in [-0.2, -0.15) is 0 Å². The molecule has 1 heterocycles. The number of hydrogen-bond donors (Lipinski definition) is 2. The number of carbonyl (C=O) groups is 1. The van der Waals surface area contributed by atoms with Crippen LogP contribution in [0.1, 0.15) is 30.6 Å². The Bertz CT molecular complexity index is 952. The molecule has 0 aliphatic heterocycles. The molecule has 0 aliphatic carbocycles. The molecule has 0 aliphatic rings. The lowest BCUT2D eigenvalue weighted by molar-refractivity contribution is 0.0982. The molecule has 0 atom stereocenters. The quantitative estimate of drug-likeness (QED) is 0.596. The van der Waals surface area contributed by atoms with Gasteiger partial charge in [-0.1, -0.05) is 26.0 Å². The average Bonchev–Trinajstić information content (AvgIpc) is 2.63. The molecule has 0 saturated heterocycles. The first kappa shape index (κ1) is 21.9. The van der Waals surface area contributed by atoms with Crippen molar-refractivity contribution >= 4 is 33.3 Å². The van der Waals surface area contributed by atoms with Crippen molar-refractivity contribution in [3.8, 4) is 0 Å². The van der Waals surface area contributed by atoms with Gasteiger partial charge in [-0.05, 0) is 40.4 Å². The summed E-state index contributed by atoms with van der Waals surface area (Å²) in [5.41, 5.74) is 5.27. The average molecular weight is 453 g/mol. The summed E-state index contributed by atoms with van der Waals surface area (Å²) in [4.78, 5) is 41.7. The minimum Gasteiger partial charge on any atom is -0.385 e. The molecule has 1 aromatic carbocycles. The fourth-order valence-corrected chi connectivity index (χ4v) is 3.30. The number of aromatic nitrogens is 2. The number of nitrogens with two attached hydrogens (primary N) is 1. The number of nitrogens with one attached hydrogen (secondary N) is 1. The molecule has 0 fully saturated rings. The molecule has 0 unspecified atom stereocenters. The highest BCUT2D eigenvalue weighted by molar-refractivity contribution is 9.10. The van der Waals surface area contributed by atoms with Crippen molar-refractivity contribution in [2.75, 3.05) is 30.9 Å². The molecule has 2 aromatic rings. The molecule has 3 N–H and O–H groups in total. The van der Waals surface area contributed by atoms with Gasteiger partial charge in [-0.15, -0.1) is 0 Å². The number of hydrogen-bond acceptors (Lipinski definition) is 5. The number of methoxy groups -OCH3 is 1. The Morgan fingerprint density at radius 1 is 1.32 bits per heavy atom. The molecule has 9 heteroatoms. The Morgan fingerprint density at radius 3 is 2.61 bits per heavy atom. The van der Waals surface area contributed by atoms with Crippen LogP contribution in [0.15, 0.2) is 38.3 Å². The number of rotatable bonds is 8. The van der Waals surface area contributed by atoms with Crippen LogP contribution in [0.2, 0.25) is 0 Å².